The molecule has 184 valence electrons. The minimum Gasteiger partial charge on any atom is -0.338 e. The van der Waals surface area contributed by atoms with Gasteiger partial charge in [-0.2, -0.15) is 5.10 Å². The van der Waals surface area contributed by atoms with Gasteiger partial charge >= 0.3 is 6.03 Å². The first-order valence-electron chi connectivity index (χ1n) is 12.9. The molecule has 2 aromatic heterocycles. The van der Waals surface area contributed by atoms with Crippen LogP contribution in [0, 0.1) is 5.92 Å². The summed E-state index contributed by atoms with van der Waals surface area (Å²) in [5, 5.41) is 10.6. The lowest BCUT2D eigenvalue weighted by Crippen LogP contribution is -2.38. The van der Waals surface area contributed by atoms with Crippen molar-refractivity contribution in [3.63, 3.8) is 0 Å². The van der Waals surface area contributed by atoms with Crippen molar-refractivity contribution >= 4 is 23.3 Å². The van der Waals surface area contributed by atoms with Gasteiger partial charge in [-0.05, 0) is 63.1 Å². The predicted octanol–water partition coefficient (Wildman–Crippen LogP) is 4.89. The average Bonchev–Trinajstić information content (AvgIpc) is 3.64. The standard InChI is InChI=1S/C27H34N6O2/c1-3-22-15-24(26(34)32-14-6-4-5-7-18(32)2)30-25-16-23(31-33(22)25)20-10-12-21(13-11-20)29-27(35)28-17-19-8-9-19/h10-13,15-16,18-19H,3-9,14,17H2,1-2H3,(H2,28,29,35). The normalized spacial score (nSPS) is 18.3. The Balaban J connectivity index is 1.35. The van der Waals surface area contributed by atoms with Crippen molar-refractivity contribution < 1.29 is 9.59 Å². The van der Waals surface area contributed by atoms with E-state index in [2.05, 4.69) is 24.5 Å². The molecular weight excluding hydrogens is 440 g/mol. The summed E-state index contributed by atoms with van der Waals surface area (Å²) in [6.07, 6.45) is 7.58. The van der Waals surface area contributed by atoms with E-state index in [0.717, 1.165) is 55.0 Å². The first-order valence-corrected chi connectivity index (χ1v) is 12.9. The lowest BCUT2D eigenvalue weighted by Gasteiger charge is -2.27. The molecule has 8 nitrogen and oxygen atoms in total. The highest BCUT2D eigenvalue weighted by Gasteiger charge is 2.25. The number of anilines is 1. The Morgan fingerprint density at radius 3 is 2.60 bits per heavy atom. The van der Waals surface area contributed by atoms with Gasteiger partial charge in [0.2, 0.25) is 0 Å². The van der Waals surface area contributed by atoms with Crippen LogP contribution < -0.4 is 10.6 Å². The first kappa shape index (κ1) is 23.3. The fourth-order valence-electron chi connectivity index (χ4n) is 4.72. The van der Waals surface area contributed by atoms with E-state index < -0.39 is 0 Å². The van der Waals surface area contributed by atoms with Crippen LogP contribution in [0.3, 0.4) is 0 Å². The van der Waals surface area contributed by atoms with Crippen LogP contribution in [0.1, 0.15) is 68.6 Å². The van der Waals surface area contributed by atoms with Gasteiger partial charge in [-0.3, -0.25) is 4.79 Å². The molecule has 0 spiro atoms. The van der Waals surface area contributed by atoms with E-state index in [-0.39, 0.29) is 18.0 Å². The van der Waals surface area contributed by atoms with E-state index >= 15 is 0 Å². The third kappa shape index (κ3) is 5.31. The smallest absolute Gasteiger partial charge is 0.319 e. The molecule has 0 radical (unpaired) electrons. The van der Waals surface area contributed by atoms with Crippen molar-refractivity contribution in [3.8, 4) is 11.3 Å². The van der Waals surface area contributed by atoms with Gasteiger partial charge in [-0.25, -0.2) is 14.3 Å². The average molecular weight is 475 g/mol. The van der Waals surface area contributed by atoms with Crippen LogP contribution in [0.4, 0.5) is 10.5 Å². The number of nitrogens with zero attached hydrogens (tertiary/aromatic N) is 4. The number of hydrogen-bond acceptors (Lipinski definition) is 4. The number of urea groups is 1. The Bertz CT molecular complexity index is 1210. The van der Waals surface area contributed by atoms with Crippen LogP contribution in [0.25, 0.3) is 16.9 Å². The summed E-state index contributed by atoms with van der Waals surface area (Å²) < 4.78 is 1.83. The van der Waals surface area contributed by atoms with E-state index in [9.17, 15) is 9.59 Å². The Kier molecular flexibility index (Phi) is 6.70. The minimum absolute atomic E-state index is 0.00902. The predicted molar refractivity (Wildman–Crippen MR) is 137 cm³/mol. The highest BCUT2D eigenvalue weighted by Crippen LogP contribution is 2.28. The zero-order valence-electron chi connectivity index (χ0n) is 20.6. The van der Waals surface area contributed by atoms with E-state index in [4.69, 9.17) is 10.1 Å². The lowest BCUT2D eigenvalue weighted by molar-refractivity contribution is 0.0691. The molecule has 1 aliphatic heterocycles. The van der Waals surface area contributed by atoms with E-state index in [1.54, 1.807) is 0 Å². The number of likely N-dealkylation sites (tertiary alicyclic amines) is 1. The van der Waals surface area contributed by atoms with Crippen LogP contribution in [-0.4, -0.2) is 50.6 Å². The number of fused-ring (bicyclic) bond motifs is 1. The van der Waals surface area contributed by atoms with Gasteiger partial charge in [0.1, 0.15) is 5.69 Å². The molecule has 1 unspecified atom stereocenters. The molecule has 1 aliphatic carbocycles. The number of hydrogen-bond donors (Lipinski definition) is 2. The fourth-order valence-corrected chi connectivity index (χ4v) is 4.72. The molecule has 0 bridgehead atoms. The Labute approximate surface area is 206 Å². The molecule has 35 heavy (non-hydrogen) atoms. The number of nitrogens with one attached hydrogen (secondary N) is 2. The molecular formula is C27H34N6O2. The fraction of sp³-hybridized carbons (Fsp3) is 0.481. The summed E-state index contributed by atoms with van der Waals surface area (Å²) in [4.78, 5) is 32.1. The minimum atomic E-state index is -0.176. The maximum absolute atomic E-state index is 13.4. The van der Waals surface area contributed by atoms with Gasteiger partial charge in [-0.15, -0.1) is 0 Å². The highest BCUT2D eigenvalue weighted by atomic mass is 16.2. The van der Waals surface area contributed by atoms with Crippen LogP contribution >= 0.6 is 0 Å². The summed E-state index contributed by atoms with van der Waals surface area (Å²) in [7, 11) is 0. The van der Waals surface area contributed by atoms with Crippen molar-refractivity contribution in [1.82, 2.24) is 24.8 Å². The molecule has 5 rings (SSSR count). The van der Waals surface area contributed by atoms with Crippen molar-refractivity contribution in [2.75, 3.05) is 18.4 Å². The van der Waals surface area contributed by atoms with E-state index in [1.165, 1.54) is 25.7 Å². The number of carbonyl (C=O) groups is 2. The van der Waals surface area contributed by atoms with Crippen molar-refractivity contribution in [2.45, 2.75) is 64.8 Å². The number of rotatable bonds is 6. The number of benzene rings is 1. The second kappa shape index (κ2) is 10.1. The number of aromatic nitrogens is 3. The number of aryl methyl sites for hydroxylation is 1. The van der Waals surface area contributed by atoms with Gasteiger partial charge in [0, 0.05) is 42.1 Å². The summed E-state index contributed by atoms with van der Waals surface area (Å²) in [5.74, 6) is 0.651. The summed E-state index contributed by atoms with van der Waals surface area (Å²) in [5.41, 5.74) is 4.56. The van der Waals surface area contributed by atoms with Crippen LogP contribution in [0.15, 0.2) is 36.4 Å². The molecule has 1 atom stereocenters. The Hall–Kier alpha value is -3.42. The summed E-state index contributed by atoms with van der Waals surface area (Å²) in [6.45, 7) is 5.72. The molecule has 8 heteroatoms. The van der Waals surface area contributed by atoms with Gasteiger partial charge in [0.25, 0.3) is 5.91 Å². The maximum Gasteiger partial charge on any atom is 0.319 e. The molecule has 2 N–H and O–H groups in total. The molecule has 2 fully saturated rings. The molecule has 3 heterocycles. The third-order valence-corrected chi connectivity index (χ3v) is 7.08. The zero-order valence-corrected chi connectivity index (χ0v) is 20.6. The summed E-state index contributed by atoms with van der Waals surface area (Å²) >= 11 is 0. The molecule has 3 amide bonds. The molecule has 2 aliphatic rings. The van der Waals surface area contributed by atoms with Crippen molar-refractivity contribution in [2.24, 2.45) is 5.92 Å². The second-order valence-corrected chi connectivity index (χ2v) is 9.84. The van der Waals surface area contributed by atoms with Crippen LogP contribution in [0.2, 0.25) is 0 Å². The van der Waals surface area contributed by atoms with Crippen LogP contribution in [0.5, 0.6) is 0 Å². The molecule has 1 saturated heterocycles. The lowest BCUT2D eigenvalue weighted by atomic mass is 10.1. The van der Waals surface area contributed by atoms with Crippen molar-refractivity contribution in [1.29, 1.82) is 0 Å². The Morgan fingerprint density at radius 2 is 1.86 bits per heavy atom. The van der Waals surface area contributed by atoms with Gasteiger partial charge in [-0.1, -0.05) is 31.9 Å². The van der Waals surface area contributed by atoms with Gasteiger partial charge in [0.15, 0.2) is 5.65 Å². The topological polar surface area (TPSA) is 91.6 Å². The third-order valence-electron chi connectivity index (χ3n) is 7.08. The Morgan fingerprint density at radius 1 is 1.06 bits per heavy atom. The van der Waals surface area contributed by atoms with Crippen molar-refractivity contribution in [3.05, 3.63) is 47.8 Å². The summed E-state index contributed by atoms with van der Waals surface area (Å²) in [6, 6.07) is 11.5. The largest absolute Gasteiger partial charge is 0.338 e. The van der Waals surface area contributed by atoms with Gasteiger partial charge in [0.05, 0.1) is 5.69 Å². The second-order valence-electron chi connectivity index (χ2n) is 9.84. The van der Waals surface area contributed by atoms with E-state index in [0.29, 0.717) is 17.3 Å². The SMILES string of the molecule is CCc1cc(C(=O)N2CCCCCC2C)nc2cc(-c3ccc(NC(=O)NCC4CC4)cc3)nn12. The molecule has 1 saturated carbocycles. The number of carbonyl (C=O) groups excluding carboxylic acids is 2. The quantitative estimate of drug-likeness (QED) is 0.532. The first-order chi connectivity index (χ1) is 17.0. The maximum atomic E-state index is 13.4. The highest BCUT2D eigenvalue weighted by molar-refractivity contribution is 5.93. The molecule has 1 aromatic carbocycles. The van der Waals surface area contributed by atoms with E-state index in [1.807, 2.05) is 45.8 Å². The zero-order chi connectivity index (χ0) is 24.4. The van der Waals surface area contributed by atoms with Crippen LogP contribution in [-0.2, 0) is 6.42 Å². The molecule has 3 aromatic rings. The monoisotopic (exact) mass is 474 g/mol. The van der Waals surface area contributed by atoms with Gasteiger partial charge < -0.3 is 15.5 Å². The number of amides is 3.